The number of benzene rings is 2. The number of hydrazone groups is 1. The van der Waals surface area contributed by atoms with Gasteiger partial charge in [-0.1, -0.05) is 0 Å². The minimum Gasteiger partial charge on any atom is -0.497 e. The molecule has 1 amide bonds. The first kappa shape index (κ1) is 17.7. The molecule has 0 atom stereocenters. The van der Waals surface area contributed by atoms with Gasteiger partial charge in [0.25, 0.3) is 5.91 Å². The topological polar surface area (TPSA) is 84.0 Å². The van der Waals surface area contributed by atoms with Gasteiger partial charge in [0, 0.05) is 5.69 Å². The molecule has 1 aliphatic rings. The van der Waals surface area contributed by atoms with Crippen molar-refractivity contribution in [2.24, 2.45) is 5.10 Å². The molecule has 0 spiro atoms. The molecule has 7 nitrogen and oxygen atoms in total. The fraction of sp³-hybridized carbons (Fsp3) is 0.167. The van der Waals surface area contributed by atoms with Gasteiger partial charge < -0.3 is 20.1 Å². The molecule has 8 heteroatoms. The second-order valence-electron chi connectivity index (χ2n) is 5.54. The smallest absolute Gasteiger partial charge is 0.262 e. The number of carbonyl (C=O) groups excluding carboxylic acids is 1. The van der Waals surface area contributed by atoms with Crippen molar-refractivity contribution in [3.8, 4) is 11.5 Å². The fourth-order valence-electron chi connectivity index (χ4n) is 2.34. The average Bonchev–Trinajstić information content (AvgIpc) is 2.66. The molecular weight excluding hydrogens is 352 g/mol. The molecule has 2 aromatic carbocycles. The standard InChI is InChI=1S/C18H18N4O3S/c1-11(12-3-8-16-15(9-12)20-17(23)10-25-16)21-22-18(26)19-13-4-6-14(24-2)7-5-13/h3-9H,10H2,1-2H3,(H,20,23)(H2,19,22,26)/b21-11-. The Hall–Kier alpha value is -3.13. The first-order chi connectivity index (χ1) is 12.5. The number of nitrogens with zero attached hydrogens (tertiary/aromatic N) is 1. The molecule has 0 aromatic heterocycles. The first-order valence-electron chi connectivity index (χ1n) is 7.87. The zero-order valence-electron chi connectivity index (χ0n) is 14.3. The molecular formula is C18H18N4O3S. The highest BCUT2D eigenvalue weighted by molar-refractivity contribution is 7.80. The van der Waals surface area contributed by atoms with E-state index in [0.29, 0.717) is 22.3 Å². The van der Waals surface area contributed by atoms with Crippen molar-refractivity contribution in [2.75, 3.05) is 24.4 Å². The molecule has 1 heterocycles. The molecule has 0 saturated heterocycles. The number of ether oxygens (including phenoxy) is 2. The molecule has 1 aliphatic heterocycles. The van der Waals surface area contributed by atoms with Crippen molar-refractivity contribution in [3.05, 3.63) is 48.0 Å². The lowest BCUT2D eigenvalue weighted by Crippen LogP contribution is -2.26. The number of hydrogen-bond acceptors (Lipinski definition) is 5. The minimum atomic E-state index is -0.174. The summed E-state index contributed by atoms with van der Waals surface area (Å²) in [5.74, 6) is 1.24. The predicted molar refractivity (Wildman–Crippen MR) is 105 cm³/mol. The van der Waals surface area contributed by atoms with E-state index >= 15 is 0 Å². The summed E-state index contributed by atoms with van der Waals surface area (Å²) in [6.45, 7) is 1.88. The van der Waals surface area contributed by atoms with Crippen molar-refractivity contribution in [1.29, 1.82) is 0 Å². The summed E-state index contributed by atoms with van der Waals surface area (Å²) in [5, 5.41) is 10.5. The van der Waals surface area contributed by atoms with E-state index in [4.69, 9.17) is 21.7 Å². The van der Waals surface area contributed by atoms with Crippen molar-refractivity contribution >= 4 is 40.3 Å². The van der Waals surface area contributed by atoms with Crippen LogP contribution in [0.4, 0.5) is 11.4 Å². The molecule has 3 rings (SSSR count). The van der Waals surface area contributed by atoms with Gasteiger partial charge in [-0.2, -0.15) is 5.10 Å². The van der Waals surface area contributed by atoms with Crippen LogP contribution in [0.1, 0.15) is 12.5 Å². The van der Waals surface area contributed by atoms with Gasteiger partial charge in [-0.3, -0.25) is 10.2 Å². The number of hydrogen-bond donors (Lipinski definition) is 3. The summed E-state index contributed by atoms with van der Waals surface area (Å²) in [6, 6.07) is 12.9. The average molecular weight is 370 g/mol. The number of anilines is 2. The van der Waals surface area contributed by atoms with Crippen molar-refractivity contribution in [3.63, 3.8) is 0 Å². The Kier molecular flexibility index (Phi) is 5.33. The number of thiocarbonyl (C=S) groups is 1. The molecule has 2 aromatic rings. The maximum atomic E-state index is 11.4. The lowest BCUT2D eigenvalue weighted by Gasteiger charge is -2.18. The number of amides is 1. The van der Waals surface area contributed by atoms with Gasteiger partial charge in [-0.15, -0.1) is 0 Å². The van der Waals surface area contributed by atoms with E-state index < -0.39 is 0 Å². The summed E-state index contributed by atoms with van der Waals surface area (Å²) in [7, 11) is 1.62. The second-order valence-corrected chi connectivity index (χ2v) is 5.95. The van der Waals surface area contributed by atoms with Crippen molar-refractivity contribution < 1.29 is 14.3 Å². The summed E-state index contributed by atoms with van der Waals surface area (Å²) >= 11 is 5.24. The Morgan fingerprint density at radius 1 is 1.27 bits per heavy atom. The van der Waals surface area contributed by atoms with Crippen LogP contribution in [0.25, 0.3) is 0 Å². The quantitative estimate of drug-likeness (QED) is 0.436. The third kappa shape index (κ3) is 4.28. The van der Waals surface area contributed by atoms with Gasteiger partial charge >= 0.3 is 0 Å². The third-order valence-electron chi connectivity index (χ3n) is 3.70. The van der Waals surface area contributed by atoms with E-state index in [2.05, 4.69) is 21.2 Å². The van der Waals surface area contributed by atoms with E-state index in [1.807, 2.05) is 43.3 Å². The molecule has 26 heavy (non-hydrogen) atoms. The highest BCUT2D eigenvalue weighted by atomic mass is 32.1. The Morgan fingerprint density at radius 2 is 2.04 bits per heavy atom. The van der Waals surface area contributed by atoms with E-state index in [0.717, 1.165) is 17.0 Å². The van der Waals surface area contributed by atoms with Gasteiger partial charge in [0.05, 0.1) is 18.5 Å². The van der Waals surface area contributed by atoms with Gasteiger partial charge in [0.1, 0.15) is 11.5 Å². The van der Waals surface area contributed by atoms with Crippen LogP contribution in [0, 0.1) is 0 Å². The zero-order chi connectivity index (χ0) is 18.5. The number of methoxy groups -OCH3 is 1. The first-order valence-corrected chi connectivity index (χ1v) is 8.28. The van der Waals surface area contributed by atoms with E-state index in [-0.39, 0.29) is 12.5 Å². The van der Waals surface area contributed by atoms with Gasteiger partial charge in [-0.25, -0.2) is 0 Å². The highest BCUT2D eigenvalue weighted by Crippen LogP contribution is 2.28. The monoisotopic (exact) mass is 370 g/mol. The lowest BCUT2D eigenvalue weighted by molar-refractivity contribution is -0.118. The van der Waals surface area contributed by atoms with Crippen LogP contribution < -0.4 is 25.5 Å². The number of carbonyl (C=O) groups is 1. The van der Waals surface area contributed by atoms with Crippen LogP contribution in [0.3, 0.4) is 0 Å². The number of nitrogens with one attached hydrogen (secondary N) is 3. The predicted octanol–water partition coefficient (Wildman–Crippen LogP) is 2.74. The number of fused-ring (bicyclic) bond motifs is 1. The Labute approximate surface area is 156 Å². The Balaban J connectivity index is 1.63. The van der Waals surface area contributed by atoms with Crippen LogP contribution in [0.15, 0.2) is 47.6 Å². The van der Waals surface area contributed by atoms with Crippen molar-refractivity contribution in [1.82, 2.24) is 5.43 Å². The molecule has 0 unspecified atom stereocenters. The van der Waals surface area contributed by atoms with Crippen LogP contribution in [-0.2, 0) is 4.79 Å². The lowest BCUT2D eigenvalue weighted by atomic mass is 10.1. The molecule has 0 bridgehead atoms. The highest BCUT2D eigenvalue weighted by Gasteiger charge is 2.16. The van der Waals surface area contributed by atoms with E-state index in [1.54, 1.807) is 13.2 Å². The van der Waals surface area contributed by atoms with Gasteiger partial charge in [0.15, 0.2) is 11.7 Å². The normalized spacial score (nSPS) is 13.2. The van der Waals surface area contributed by atoms with Crippen LogP contribution in [0.5, 0.6) is 11.5 Å². The van der Waals surface area contributed by atoms with E-state index in [1.165, 1.54) is 0 Å². The molecule has 0 aliphatic carbocycles. The maximum absolute atomic E-state index is 11.4. The largest absolute Gasteiger partial charge is 0.497 e. The third-order valence-corrected chi connectivity index (χ3v) is 3.90. The Bertz CT molecular complexity index is 865. The van der Waals surface area contributed by atoms with Crippen LogP contribution >= 0.6 is 12.2 Å². The summed E-state index contributed by atoms with van der Waals surface area (Å²) in [4.78, 5) is 11.4. The number of rotatable bonds is 4. The molecule has 0 radical (unpaired) electrons. The minimum absolute atomic E-state index is 0.0340. The SMILES string of the molecule is COc1ccc(NC(=S)N/N=C(/C)c2ccc3c(c2)NC(=O)CO3)cc1. The van der Waals surface area contributed by atoms with Crippen molar-refractivity contribution in [2.45, 2.75) is 6.92 Å². The zero-order valence-corrected chi connectivity index (χ0v) is 15.1. The maximum Gasteiger partial charge on any atom is 0.262 e. The Morgan fingerprint density at radius 3 is 2.77 bits per heavy atom. The molecule has 0 fully saturated rings. The second kappa shape index (κ2) is 7.83. The van der Waals surface area contributed by atoms with Gasteiger partial charge in [0.2, 0.25) is 0 Å². The molecule has 134 valence electrons. The van der Waals surface area contributed by atoms with Gasteiger partial charge in [-0.05, 0) is 67.2 Å². The summed E-state index contributed by atoms with van der Waals surface area (Å²) < 4.78 is 10.5. The molecule has 3 N–H and O–H groups in total. The fourth-order valence-corrected chi connectivity index (χ4v) is 2.50. The van der Waals surface area contributed by atoms with Crippen LogP contribution in [-0.4, -0.2) is 30.4 Å². The summed E-state index contributed by atoms with van der Waals surface area (Å²) in [5.41, 5.74) is 5.82. The summed E-state index contributed by atoms with van der Waals surface area (Å²) in [6.07, 6.45) is 0. The van der Waals surface area contributed by atoms with E-state index in [9.17, 15) is 4.79 Å². The molecule has 0 saturated carbocycles. The van der Waals surface area contributed by atoms with Crippen LogP contribution in [0.2, 0.25) is 0 Å².